The van der Waals surface area contributed by atoms with E-state index < -0.39 is 9.84 Å². The van der Waals surface area contributed by atoms with E-state index >= 15 is 0 Å². The van der Waals surface area contributed by atoms with Crippen LogP contribution < -0.4 is 5.73 Å². The number of thioether (sulfide) groups is 2. The third kappa shape index (κ3) is 5.31. The first-order chi connectivity index (χ1) is 8.35. The first-order valence-electron chi connectivity index (χ1n) is 6.58. The van der Waals surface area contributed by atoms with Crippen LogP contribution >= 0.6 is 23.5 Å². The molecular formula is C12H25NO2S3. The molecule has 1 heterocycles. The van der Waals surface area contributed by atoms with Gasteiger partial charge in [0.2, 0.25) is 0 Å². The highest BCUT2D eigenvalue weighted by atomic mass is 32.2. The summed E-state index contributed by atoms with van der Waals surface area (Å²) in [5, 5.41) is 1.81. The molecule has 3 nitrogen and oxygen atoms in total. The molecule has 0 saturated carbocycles. The summed E-state index contributed by atoms with van der Waals surface area (Å²) in [6.45, 7) is 6.21. The van der Waals surface area contributed by atoms with Crippen LogP contribution in [0.25, 0.3) is 0 Å². The van der Waals surface area contributed by atoms with Crippen molar-refractivity contribution in [2.45, 2.75) is 55.4 Å². The molecule has 1 rings (SSSR count). The highest BCUT2D eigenvalue weighted by molar-refractivity contribution is 8.07. The Kier molecular flexibility index (Phi) is 6.86. The summed E-state index contributed by atoms with van der Waals surface area (Å²) in [6, 6.07) is 0.129. The molecule has 0 aromatic heterocycles. The lowest BCUT2D eigenvalue weighted by Gasteiger charge is -2.34. The average molecular weight is 312 g/mol. The normalized spacial score (nSPS) is 31.2. The number of hydrogen-bond acceptors (Lipinski definition) is 5. The minimum Gasteiger partial charge on any atom is -0.327 e. The molecule has 18 heavy (non-hydrogen) atoms. The fourth-order valence-electron chi connectivity index (χ4n) is 1.90. The number of sulfone groups is 1. The summed E-state index contributed by atoms with van der Waals surface area (Å²) in [5.74, 6) is 1.62. The van der Waals surface area contributed by atoms with Gasteiger partial charge >= 0.3 is 0 Å². The Labute approximate surface area is 120 Å². The first-order valence-corrected chi connectivity index (χ1v) is 10.4. The van der Waals surface area contributed by atoms with Crippen LogP contribution in [0.3, 0.4) is 0 Å². The first kappa shape index (κ1) is 16.7. The predicted octanol–water partition coefficient (Wildman–Crippen LogP) is 2.15. The smallest absolute Gasteiger partial charge is 0.150 e. The summed E-state index contributed by atoms with van der Waals surface area (Å²) in [7, 11) is -2.83. The molecule has 0 amide bonds. The van der Waals surface area contributed by atoms with E-state index in [1.807, 2.05) is 23.5 Å². The molecule has 0 bridgehead atoms. The molecular weight excluding hydrogens is 286 g/mol. The molecule has 0 aliphatic carbocycles. The van der Waals surface area contributed by atoms with Crippen LogP contribution in [0.1, 0.15) is 33.6 Å². The Morgan fingerprint density at radius 2 is 2.00 bits per heavy atom. The zero-order valence-electron chi connectivity index (χ0n) is 11.5. The molecule has 1 aliphatic heterocycles. The van der Waals surface area contributed by atoms with Crippen LogP contribution in [0.2, 0.25) is 0 Å². The fourth-order valence-corrected chi connectivity index (χ4v) is 5.90. The Balaban J connectivity index is 2.31. The zero-order chi connectivity index (χ0) is 13.8. The van der Waals surface area contributed by atoms with Gasteiger partial charge in [0.25, 0.3) is 0 Å². The van der Waals surface area contributed by atoms with E-state index in [1.165, 1.54) is 0 Å². The van der Waals surface area contributed by atoms with Gasteiger partial charge in [0.1, 0.15) is 9.84 Å². The Bertz CT molecular complexity index is 345. The second-order valence-electron chi connectivity index (χ2n) is 4.96. The lowest BCUT2D eigenvalue weighted by Crippen LogP contribution is -2.40. The van der Waals surface area contributed by atoms with Gasteiger partial charge in [-0.15, -0.1) is 0 Å². The molecule has 6 heteroatoms. The summed E-state index contributed by atoms with van der Waals surface area (Å²) in [6.07, 6.45) is 1.52. The second kappa shape index (κ2) is 7.41. The molecule has 2 N–H and O–H groups in total. The summed E-state index contributed by atoms with van der Waals surface area (Å²) >= 11 is 3.96. The molecule has 4 atom stereocenters. The molecule has 0 aromatic carbocycles. The van der Waals surface area contributed by atoms with Gasteiger partial charge in [-0.1, -0.05) is 20.8 Å². The molecule has 0 aromatic rings. The minimum absolute atomic E-state index is 0.129. The number of nitrogens with two attached hydrogens (primary N) is 1. The largest absolute Gasteiger partial charge is 0.327 e. The van der Waals surface area contributed by atoms with Crippen molar-refractivity contribution >= 4 is 33.4 Å². The van der Waals surface area contributed by atoms with E-state index in [2.05, 4.69) is 13.8 Å². The van der Waals surface area contributed by atoms with Crippen LogP contribution in [-0.4, -0.2) is 47.5 Å². The third-order valence-electron chi connectivity index (χ3n) is 3.48. The van der Waals surface area contributed by atoms with Crippen LogP contribution in [0.15, 0.2) is 0 Å². The lowest BCUT2D eigenvalue weighted by molar-refractivity contribution is 0.573. The van der Waals surface area contributed by atoms with Crippen molar-refractivity contribution in [2.75, 3.05) is 17.3 Å². The van der Waals surface area contributed by atoms with Crippen molar-refractivity contribution in [1.82, 2.24) is 0 Å². The summed E-state index contributed by atoms with van der Waals surface area (Å²) in [4.78, 5) is 0. The van der Waals surface area contributed by atoms with E-state index in [-0.39, 0.29) is 17.5 Å². The van der Waals surface area contributed by atoms with Gasteiger partial charge in [0, 0.05) is 33.3 Å². The van der Waals surface area contributed by atoms with Crippen molar-refractivity contribution in [3.63, 3.8) is 0 Å². The molecule has 1 fully saturated rings. The van der Waals surface area contributed by atoms with Gasteiger partial charge < -0.3 is 5.73 Å². The van der Waals surface area contributed by atoms with Gasteiger partial charge in [-0.05, 0) is 12.8 Å². The molecule has 0 spiro atoms. The van der Waals surface area contributed by atoms with Crippen LogP contribution in [0, 0.1) is 0 Å². The van der Waals surface area contributed by atoms with Gasteiger partial charge in [-0.25, -0.2) is 8.42 Å². The molecule has 108 valence electrons. The molecule has 1 aliphatic rings. The van der Waals surface area contributed by atoms with Crippen LogP contribution in [-0.2, 0) is 9.84 Å². The second-order valence-corrected chi connectivity index (χ2v) is 10.5. The van der Waals surface area contributed by atoms with Crippen molar-refractivity contribution in [3.8, 4) is 0 Å². The predicted molar refractivity (Wildman–Crippen MR) is 84.3 cm³/mol. The minimum atomic E-state index is -2.83. The van der Waals surface area contributed by atoms with Gasteiger partial charge in [-0.3, -0.25) is 0 Å². The van der Waals surface area contributed by atoms with E-state index in [4.69, 9.17) is 5.73 Å². The Hall–Kier alpha value is 0.610. The van der Waals surface area contributed by atoms with E-state index in [0.29, 0.717) is 22.2 Å². The maximum atomic E-state index is 11.4. The maximum Gasteiger partial charge on any atom is 0.150 e. The van der Waals surface area contributed by atoms with Gasteiger partial charge in [-0.2, -0.15) is 23.5 Å². The van der Waals surface area contributed by atoms with Crippen molar-refractivity contribution < 1.29 is 8.42 Å². The number of hydrogen-bond donors (Lipinski definition) is 1. The quantitative estimate of drug-likeness (QED) is 0.814. The lowest BCUT2D eigenvalue weighted by atomic mass is 10.1. The fraction of sp³-hybridized carbons (Fsp3) is 1.00. The van der Waals surface area contributed by atoms with Crippen molar-refractivity contribution in [1.29, 1.82) is 0 Å². The zero-order valence-corrected chi connectivity index (χ0v) is 13.9. The third-order valence-corrected chi connectivity index (χ3v) is 8.85. The van der Waals surface area contributed by atoms with E-state index in [1.54, 1.807) is 6.92 Å². The Morgan fingerprint density at radius 3 is 2.56 bits per heavy atom. The highest BCUT2D eigenvalue weighted by Gasteiger charge is 2.29. The number of rotatable bonds is 6. The van der Waals surface area contributed by atoms with Gasteiger partial charge in [0.05, 0.1) is 5.75 Å². The molecule has 0 radical (unpaired) electrons. The van der Waals surface area contributed by atoms with Crippen LogP contribution in [0.4, 0.5) is 0 Å². The van der Waals surface area contributed by atoms with E-state index in [0.717, 1.165) is 12.2 Å². The standard InChI is InChI=1S/C12H25NO2S3/c1-4-18(14,15)7-5-6-11(13)12-8-16-9(2)10(3)17-12/h9-12H,4-8,13H2,1-3H3. The average Bonchev–Trinajstić information content (AvgIpc) is 2.32. The van der Waals surface area contributed by atoms with Crippen LogP contribution in [0.5, 0.6) is 0 Å². The van der Waals surface area contributed by atoms with Crippen molar-refractivity contribution in [3.05, 3.63) is 0 Å². The SMILES string of the molecule is CCS(=O)(=O)CCCC(N)C1CSC(C)C(C)S1. The Morgan fingerprint density at radius 1 is 1.33 bits per heavy atom. The summed E-state index contributed by atoms with van der Waals surface area (Å²) < 4.78 is 22.8. The maximum absolute atomic E-state index is 11.4. The van der Waals surface area contributed by atoms with E-state index in [9.17, 15) is 8.42 Å². The monoisotopic (exact) mass is 311 g/mol. The highest BCUT2D eigenvalue weighted by Crippen LogP contribution is 2.37. The molecule has 4 unspecified atom stereocenters. The summed E-state index contributed by atoms with van der Waals surface area (Å²) in [5.41, 5.74) is 6.20. The molecule has 1 saturated heterocycles. The van der Waals surface area contributed by atoms with Crippen molar-refractivity contribution in [2.24, 2.45) is 5.73 Å². The topological polar surface area (TPSA) is 60.2 Å². The van der Waals surface area contributed by atoms with Gasteiger partial charge in [0.15, 0.2) is 0 Å².